The first-order chi connectivity index (χ1) is 4.72. The lowest BCUT2D eigenvalue weighted by molar-refractivity contribution is 0.480. The molecule has 0 spiro atoms. The minimum absolute atomic E-state index is 0.630. The van der Waals surface area contributed by atoms with Crippen molar-refractivity contribution in [1.82, 2.24) is 0 Å². The van der Waals surface area contributed by atoms with Crippen LogP contribution in [0.4, 0.5) is 0 Å². The molecule has 0 aromatic carbocycles. The zero-order valence-corrected chi connectivity index (χ0v) is 6.97. The molecule has 0 fully saturated rings. The number of amidine groups is 2. The smallest absolute Gasteiger partial charge is 0.165 e. The van der Waals surface area contributed by atoms with Crippen LogP contribution in [0.3, 0.4) is 0 Å². The van der Waals surface area contributed by atoms with Crippen molar-refractivity contribution in [3.8, 4) is 0 Å². The van der Waals surface area contributed by atoms with E-state index >= 15 is 0 Å². The Hall–Kier alpha value is -0.550. The van der Waals surface area contributed by atoms with Gasteiger partial charge < -0.3 is 0 Å². The highest BCUT2D eigenvalue weighted by Crippen LogP contribution is 2.01. The molecule has 0 aromatic rings. The molecule has 1 aliphatic rings. The van der Waals surface area contributed by atoms with E-state index < -0.39 is 11.2 Å². The second kappa shape index (κ2) is 3.03. The molecule has 0 N–H and O–H groups in total. The standard InChI is InChI=1S/C5H9N3OS/c1-4-6-5(2)8-10(7-4)9-3/h1-3H3. The Balaban J connectivity index is 2.91. The van der Waals surface area contributed by atoms with Crippen LogP contribution in [0.1, 0.15) is 13.8 Å². The highest BCUT2D eigenvalue weighted by atomic mass is 32.2. The van der Waals surface area contributed by atoms with E-state index in [0.29, 0.717) is 0 Å². The van der Waals surface area contributed by atoms with Crippen molar-refractivity contribution in [2.75, 3.05) is 7.11 Å². The first kappa shape index (κ1) is 7.56. The number of hydrogen-bond donors (Lipinski definition) is 0. The fraction of sp³-hybridized carbons (Fsp3) is 0.600. The van der Waals surface area contributed by atoms with Crippen molar-refractivity contribution < 1.29 is 4.18 Å². The molecule has 0 aromatic heterocycles. The van der Waals surface area contributed by atoms with Gasteiger partial charge in [0, 0.05) is 0 Å². The first-order valence-electron chi connectivity index (χ1n) is 2.83. The van der Waals surface area contributed by atoms with Gasteiger partial charge in [-0.3, -0.25) is 4.18 Å². The second-order valence-corrected chi connectivity index (χ2v) is 2.95. The molecule has 5 heteroatoms. The highest BCUT2D eigenvalue weighted by molar-refractivity contribution is 7.81. The van der Waals surface area contributed by atoms with Crippen LogP contribution in [-0.2, 0) is 15.3 Å². The van der Waals surface area contributed by atoms with Gasteiger partial charge in [-0.2, -0.15) is 8.76 Å². The molecule has 4 nitrogen and oxygen atoms in total. The molecule has 1 aliphatic heterocycles. The minimum atomic E-state index is -0.630. The summed E-state index contributed by atoms with van der Waals surface area (Å²) in [5.41, 5.74) is 0. The third kappa shape index (κ3) is 1.71. The van der Waals surface area contributed by atoms with Gasteiger partial charge in [0.05, 0.1) is 7.11 Å². The fourth-order valence-electron chi connectivity index (χ4n) is 0.596. The van der Waals surface area contributed by atoms with Crippen LogP contribution in [0.2, 0.25) is 0 Å². The van der Waals surface area contributed by atoms with Crippen LogP contribution in [0, 0.1) is 0 Å². The maximum Gasteiger partial charge on any atom is 0.165 e. The van der Waals surface area contributed by atoms with Crippen molar-refractivity contribution in [2.24, 2.45) is 13.8 Å². The van der Waals surface area contributed by atoms with Gasteiger partial charge in [-0.15, -0.1) is 0 Å². The van der Waals surface area contributed by atoms with Crippen molar-refractivity contribution in [3.05, 3.63) is 0 Å². The van der Waals surface area contributed by atoms with E-state index in [2.05, 4.69) is 13.8 Å². The molecule has 0 saturated heterocycles. The molecule has 1 atom stereocenters. The van der Waals surface area contributed by atoms with Crippen molar-refractivity contribution >= 4 is 22.8 Å². The fourth-order valence-corrected chi connectivity index (χ4v) is 1.32. The Labute approximate surface area is 62.5 Å². The topological polar surface area (TPSA) is 46.3 Å². The predicted molar refractivity (Wildman–Crippen MR) is 43.0 cm³/mol. The number of aliphatic imine (C=N–C) groups is 1. The number of nitrogens with zero attached hydrogens (tertiary/aromatic N) is 3. The lowest BCUT2D eigenvalue weighted by Crippen LogP contribution is -2.04. The molecule has 1 unspecified atom stereocenters. The van der Waals surface area contributed by atoms with Gasteiger partial charge in [0.15, 0.2) is 11.2 Å². The predicted octanol–water partition coefficient (Wildman–Crippen LogP) is 1.12. The maximum atomic E-state index is 4.92. The summed E-state index contributed by atoms with van der Waals surface area (Å²) in [6.45, 7) is 3.66. The Morgan fingerprint density at radius 1 is 1.30 bits per heavy atom. The average Bonchev–Trinajstić information content (AvgIpc) is 1.85. The largest absolute Gasteiger partial charge is 0.292 e. The molecule has 0 aliphatic carbocycles. The van der Waals surface area contributed by atoms with E-state index in [0.717, 1.165) is 11.7 Å². The Morgan fingerprint density at radius 3 is 2.50 bits per heavy atom. The Bertz CT molecular complexity index is 228. The summed E-state index contributed by atoms with van der Waals surface area (Å²) in [5.74, 6) is 1.47. The Morgan fingerprint density at radius 2 is 2.00 bits per heavy atom. The molecule has 1 rings (SSSR count). The lowest BCUT2D eigenvalue weighted by atomic mass is 10.6. The quantitative estimate of drug-likeness (QED) is 0.565. The molecular weight excluding hydrogens is 150 g/mol. The van der Waals surface area contributed by atoms with Crippen LogP contribution in [0.25, 0.3) is 0 Å². The average molecular weight is 159 g/mol. The minimum Gasteiger partial charge on any atom is -0.292 e. The number of rotatable bonds is 1. The maximum absolute atomic E-state index is 4.92. The lowest BCUT2D eigenvalue weighted by Gasteiger charge is -2.03. The molecule has 56 valence electrons. The molecule has 1 heterocycles. The van der Waals surface area contributed by atoms with Gasteiger partial charge in [0.25, 0.3) is 0 Å². The summed E-state index contributed by atoms with van der Waals surface area (Å²) >= 11 is -0.630. The van der Waals surface area contributed by atoms with Gasteiger partial charge in [0.2, 0.25) is 0 Å². The molecule has 0 bridgehead atoms. The van der Waals surface area contributed by atoms with Crippen LogP contribution < -0.4 is 0 Å². The SMILES string of the molecule is COS1=NC(C)=NC(C)=N1. The first-order valence-corrected chi connectivity index (χ1v) is 3.90. The molecular formula is C5H9N3OS. The van der Waals surface area contributed by atoms with Crippen LogP contribution in [-0.4, -0.2) is 18.8 Å². The van der Waals surface area contributed by atoms with E-state index in [9.17, 15) is 0 Å². The van der Waals surface area contributed by atoms with Gasteiger partial charge in [0.1, 0.15) is 11.7 Å². The molecule has 0 radical (unpaired) electrons. The van der Waals surface area contributed by atoms with Crippen LogP contribution >= 0.6 is 0 Å². The van der Waals surface area contributed by atoms with Gasteiger partial charge in [-0.1, -0.05) is 0 Å². The van der Waals surface area contributed by atoms with E-state index in [-0.39, 0.29) is 0 Å². The zero-order chi connectivity index (χ0) is 7.56. The summed E-state index contributed by atoms with van der Waals surface area (Å²) < 4.78 is 13.0. The van der Waals surface area contributed by atoms with E-state index in [1.54, 1.807) is 7.11 Å². The van der Waals surface area contributed by atoms with Crippen molar-refractivity contribution in [3.63, 3.8) is 0 Å². The van der Waals surface area contributed by atoms with Crippen molar-refractivity contribution in [1.29, 1.82) is 0 Å². The third-order valence-electron chi connectivity index (χ3n) is 0.893. The molecule has 10 heavy (non-hydrogen) atoms. The highest BCUT2D eigenvalue weighted by Gasteiger charge is 2.01. The van der Waals surface area contributed by atoms with E-state index in [1.807, 2.05) is 13.8 Å². The normalized spacial score (nSPS) is 24.9. The summed E-state index contributed by atoms with van der Waals surface area (Å²) in [6, 6.07) is 0. The van der Waals surface area contributed by atoms with Crippen LogP contribution in [0.5, 0.6) is 0 Å². The van der Waals surface area contributed by atoms with E-state index in [1.165, 1.54) is 0 Å². The Kier molecular flexibility index (Phi) is 2.29. The zero-order valence-electron chi connectivity index (χ0n) is 6.16. The van der Waals surface area contributed by atoms with Crippen molar-refractivity contribution in [2.45, 2.75) is 13.8 Å². The van der Waals surface area contributed by atoms with Gasteiger partial charge in [-0.25, -0.2) is 4.99 Å². The summed E-state index contributed by atoms with van der Waals surface area (Å²) in [4.78, 5) is 4.01. The van der Waals surface area contributed by atoms with E-state index in [4.69, 9.17) is 4.18 Å². The summed E-state index contributed by atoms with van der Waals surface area (Å²) in [5, 5.41) is 0. The monoisotopic (exact) mass is 159 g/mol. The molecule has 0 saturated carbocycles. The third-order valence-corrected chi connectivity index (χ3v) is 2.03. The summed E-state index contributed by atoms with van der Waals surface area (Å²) in [7, 11) is 1.59. The number of hydrogen-bond acceptors (Lipinski definition) is 4. The van der Waals surface area contributed by atoms with Crippen LogP contribution in [0.15, 0.2) is 13.8 Å². The second-order valence-electron chi connectivity index (χ2n) is 1.79. The molecule has 0 amide bonds. The summed E-state index contributed by atoms with van der Waals surface area (Å²) in [6.07, 6.45) is 0. The van der Waals surface area contributed by atoms with Gasteiger partial charge >= 0.3 is 0 Å². The van der Waals surface area contributed by atoms with Gasteiger partial charge in [-0.05, 0) is 13.8 Å².